The predicted molar refractivity (Wildman–Crippen MR) is 78.9 cm³/mol. The average Bonchev–Trinajstić information content (AvgIpc) is 2.39. The summed E-state index contributed by atoms with van der Waals surface area (Å²) in [6.45, 7) is 2.13. The Hall–Kier alpha value is -1.81. The first-order valence-corrected chi connectivity index (χ1v) is 6.76. The van der Waals surface area contributed by atoms with Crippen LogP contribution in [0.3, 0.4) is 0 Å². The van der Waals surface area contributed by atoms with Crippen molar-refractivity contribution in [2.24, 2.45) is 0 Å². The summed E-state index contributed by atoms with van der Waals surface area (Å²) in [7, 11) is 0. The topological polar surface area (TPSA) is 51.8 Å². The van der Waals surface area contributed by atoms with Gasteiger partial charge in [-0.05, 0) is 23.5 Å². The number of nitrogens with zero attached hydrogens (tertiary/aromatic N) is 2. The van der Waals surface area contributed by atoms with E-state index in [0.29, 0.717) is 5.95 Å². The molecule has 2 rings (SSSR count). The van der Waals surface area contributed by atoms with Crippen LogP contribution in [0.5, 0.6) is 0 Å². The maximum Gasteiger partial charge on any atom is 0.220 e. The lowest BCUT2D eigenvalue weighted by molar-refractivity contribution is 1.17. The second-order valence-electron chi connectivity index (χ2n) is 3.65. The number of thioether (sulfide) groups is 1. The minimum Gasteiger partial charge on any atom is -0.368 e. The molecule has 2 N–H and O–H groups in total. The predicted octanol–water partition coefficient (Wildman–Crippen LogP) is 3.31. The molecule has 1 aromatic heterocycles. The highest BCUT2D eigenvalue weighted by molar-refractivity contribution is 8.08. The van der Waals surface area contributed by atoms with Gasteiger partial charge in [0.2, 0.25) is 5.95 Å². The Labute approximate surface area is 111 Å². The van der Waals surface area contributed by atoms with Crippen molar-refractivity contribution in [2.75, 3.05) is 11.5 Å². The number of nitrogen functional groups attached to an aromatic ring is 1. The van der Waals surface area contributed by atoms with E-state index < -0.39 is 0 Å². The summed E-state index contributed by atoms with van der Waals surface area (Å²) < 4.78 is 0. The minimum atomic E-state index is 0.303. The molecule has 0 atom stereocenters. The molecule has 1 heterocycles. The zero-order chi connectivity index (χ0) is 12.8. The summed E-state index contributed by atoms with van der Waals surface area (Å²) in [5, 5.41) is 0. The lowest BCUT2D eigenvalue weighted by Gasteiger charge is -2.06. The van der Waals surface area contributed by atoms with Gasteiger partial charge in [0.1, 0.15) is 0 Å². The van der Waals surface area contributed by atoms with Gasteiger partial charge < -0.3 is 5.73 Å². The van der Waals surface area contributed by atoms with Gasteiger partial charge in [0.15, 0.2) is 0 Å². The number of rotatable bonds is 4. The quantitative estimate of drug-likeness (QED) is 0.913. The van der Waals surface area contributed by atoms with Gasteiger partial charge in [-0.25, -0.2) is 9.97 Å². The summed E-state index contributed by atoms with van der Waals surface area (Å²) in [6.07, 6.45) is 3.72. The number of benzene rings is 1. The zero-order valence-electron chi connectivity index (χ0n) is 10.2. The van der Waals surface area contributed by atoms with Crippen molar-refractivity contribution >= 4 is 28.7 Å². The molecule has 3 nitrogen and oxygen atoms in total. The number of nitrogens with two attached hydrogens (primary N) is 1. The van der Waals surface area contributed by atoms with Gasteiger partial charge in [-0.1, -0.05) is 37.3 Å². The third-order valence-electron chi connectivity index (χ3n) is 2.33. The first kappa shape index (κ1) is 12.6. The summed E-state index contributed by atoms with van der Waals surface area (Å²) in [5.74, 6) is 1.32. The highest BCUT2D eigenvalue weighted by atomic mass is 32.2. The molecule has 0 aliphatic rings. The molecular weight excluding hydrogens is 242 g/mol. The van der Waals surface area contributed by atoms with Gasteiger partial charge in [-0.2, -0.15) is 0 Å². The highest BCUT2D eigenvalue weighted by Gasteiger charge is 2.02. The maximum atomic E-state index is 5.59. The number of hydrogen-bond acceptors (Lipinski definition) is 4. The summed E-state index contributed by atoms with van der Waals surface area (Å²) in [4.78, 5) is 9.29. The van der Waals surface area contributed by atoms with Crippen molar-refractivity contribution < 1.29 is 0 Å². The fraction of sp³-hybridized carbons (Fsp3) is 0.143. The van der Waals surface area contributed by atoms with Gasteiger partial charge in [0, 0.05) is 11.1 Å². The molecule has 0 unspecified atom stereocenters. The standard InChI is InChI=1S/C14H15N3S/c1-2-18-13(11-6-4-3-5-7-11)10-12-8-9-16-14(15)17-12/h3-10H,2H2,1H3,(H2,15,16,17)/b13-10+. The van der Waals surface area contributed by atoms with Crippen molar-refractivity contribution in [3.63, 3.8) is 0 Å². The third-order valence-corrected chi connectivity index (χ3v) is 3.29. The fourth-order valence-electron chi connectivity index (χ4n) is 1.57. The molecule has 0 aliphatic carbocycles. The van der Waals surface area contributed by atoms with E-state index in [-0.39, 0.29) is 0 Å². The van der Waals surface area contributed by atoms with Crippen molar-refractivity contribution in [3.8, 4) is 0 Å². The van der Waals surface area contributed by atoms with Crippen molar-refractivity contribution in [1.82, 2.24) is 9.97 Å². The molecule has 18 heavy (non-hydrogen) atoms. The molecule has 0 fully saturated rings. The van der Waals surface area contributed by atoms with Gasteiger partial charge >= 0.3 is 0 Å². The molecule has 2 aromatic rings. The van der Waals surface area contributed by atoms with Crippen LogP contribution in [0.2, 0.25) is 0 Å². The molecule has 0 bridgehead atoms. The lowest BCUT2D eigenvalue weighted by atomic mass is 10.2. The van der Waals surface area contributed by atoms with E-state index in [0.717, 1.165) is 11.4 Å². The molecule has 0 spiro atoms. The first-order chi connectivity index (χ1) is 8.79. The van der Waals surface area contributed by atoms with Crippen LogP contribution in [-0.2, 0) is 0 Å². The van der Waals surface area contributed by atoms with Crippen LogP contribution in [0.4, 0.5) is 5.95 Å². The van der Waals surface area contributed by atoms with E-state index in [1.54, 1.807) is 18.0 Å². The molecule has 4 heteroatoms. The van der Waals surface area contributed by atoms with E-state index in [4.69, 9.17) is 5.73 Å². The first-order valence-electron chi connectivity index (χ1n) is 5.78. The number of hydrogen-bond donors (Lipinski definition) is 1. The van der Waals surface area contributed by atoms with Gasteiger partial charge in [0.25, 0.3) is 0 Å². The normalized spacial score (nSPS) is 11.5. The largest absolute Gasteiger partial charge is 0.368 e. The number of anilines is 1. The highest BCUT2D eigenvalue weighted by Crippen LogP contribution is 2.28. The van der Waals surface area contributed by atoms with Gasteiger partial charge in [-0.3, -0.25) is 0 Å². The van der Waals surface area contributed by atoms with Crippen molar-refractivity contribution in [1.29, 1.82) is 0 Å². The van der Waals surface area contributed by atoms with E-state index in [1.165, 1.54) is 10.5 Å². The van der Waals surface area contributed by atoms with E-state index in [2.05, 4.69) is 29.0 Å². The SMILES string of the molecule is CCS/C(=C/c1ccnc(N)n1)c1ccccc1. The Kier molecular flexibility index (Phi) is 4.36. The summed E-state index contributed by atoms with van der Waals surface area (Å²) in [6, 6.07) is 12.1. The molecule has 92 valence electrons. The Bertz CT molecular complexity index is 538. The zero-order valence-corrected chi connectivity index (χ0v) is 11.0. The maximum absolute atomic E-state index is 5.59. The van der Waals surface area contributed by atoms with Crippen LogP contribution in [0.1, 0.15) is 18.2 Å². The Morgan fingerprint density at radius 1 is 1.28 bits per heavy atom. The summed E-state index contributed by atoms with van der Waals surface area (Å²) in [5.41, 5.74) is 7.62. The fourth-order valence-corrected chi connectivity index (χ4v) is 2.39. The molecule has 0 saturated heterocycles. The molecule has 0 amide bonds. The van der Waals surface area contributed by atoms with Crippen LogP contribution in [-0.4, -0.2) is 15.7 Å². The van der Waals surface area contributed by atoms with Gasteiger partial charge in [0.05, 0.1) is 5.69 Å². The van der Waals surface area contributed by atoms with Crippen LogP contribution in [0.25, 0.3) is 11.0 Å². The van der Waals surface area contributed by atoms with E-state index in [1.807, 2.05) is 30.3 Å². The average molecular weight is 257 g/mol. The Balaban J connectivity index is 2.36. The van der Waals surface area contributed by atoms with Crippen LogP contribution in [0, 0.1) is 0 Å². The summed E-state index contributed by atoms with van der Waals surface area (Å²) >= 11 is 1.79. The van der Waals surface area contributed by atoms with Crippen molar-refractivity contribution in [3.05, 3.63) is 53.9 Å². The third kappa shape index (κ3) is 3.34. The molecule has 1 aromatic carbocycles. The van der Waals surface area contributed by atoms with E-state index >= 15 is 0 Å². The number of aromatic nitrogens is 2. The molecule has 0 saturated carbocycles. The second-order valence-corrected chi connectivity index (χ2v) is 4.95. The molecule has 0 radical (unpaired) electrons. The smallest absolute Gasteiger partial charge is 0.220 e. The van der Waals surface area contributed by atoms with Crippen molar-refractivity contribution in [2.45, 2.75) is 6.92 Å². The Morgan fingerprint density at radius 2 is 2.06 bits per heavy atom. The second kappa shape index (κ2) is 6.21. The molecular formula is C14H15N3S. The monoisotopic (exact) mass is 257 g/mol. The van der Waals surface area contributed by atoms with Crippen LogP contribution in [0.15, 0.2) is 42.6 Å². The minimum absolute atomic E-state index is 0.303. The Morgan fingerprint density at radius 3 is 2.72 bits per heavy atom. The van der Waals surface area contributed by atoms with E-state index in [9.17, 15) is 0 Å². The lowest BCUT2D eigenvalue weighted by Crippen LogP contribution is -1.95. The molecule has 0 aliphatic heterocycles. The van der Waals surface area contributed by atoms with Crippen LogP contribution >= 0.6 is 11.8 Å². The van der Waals surface area contributed by atoms with Crippen LogP contribution < -0.4 is 5.73 Å². The van der Waals surface area contributed by atoms with Gasteiger partial charge in [-0.15, -0.1) is 11.8 Å².